The number of ether oxygens (including phenoxy) is 1. The van der Waals surface area contributed by atoms with Crippen molar-refractivity contribution in [2.24, 2.45) is 0 Å². The van der Waals surface area contributed by atoms with Crippen LogP contribution in [0.15, 0.2) is 18.2 Å². The highest BCUT2D eigenvalue weighted by molar-refractivity contribution is 6.32. The predicted molar refractivity (Wildman–Crippen MR) is 58.0 cm³/mol. The van der Waals surface area contributed by atoms with Gasteiger partial charge in [-0.25, -0.2) is 0 Å². The molecule has 1 aromatic rings. The van der Waals surface area contributed by atoms with Gasteiger partial charge in [0.15, 0.2) is 0 Å². The molecule has 0 amide bonds. The van der Waals surface area contributed by atoms with Crippen LogP contribution in [0.3, 0.4) is 0 Å². The fourth-order valence-corrected chi connectivity index (χ4v) is 2.22. The first-order chi connectivity index (χ1) is 6.83. The second-order valence-corrected chi connectivity index (χ2v) is 3.92. The zero-order valence-electron chi connectivity index (χ0n) is 8.22. The van der Waals surface area contributed by atoms with Gasteiger partial charge in [-0.05, 0) is 25.5 Å². The molecular weight excluding hydrogens is 198 g/mol. The van der Waals surface area contributed by atoms with Crippen LogP contribution in [-0.4, -0.2) is 13.7 Å². The third-order valence-corrected chi connectivity index (χ3v) is 2.93. The zero-order valence-corrected chi connectivity index (χ0v) is 8.97. The van der Waals surface area contributed by atoms with Gasteiger partial charge in [0.25, 0.3) is 0 Å². The Hall–Kier alpha value is -0.730. The monoisotopic (exact) mass is 211 g/mol. The highest BCUT2D eigenvalue weighted by atomic mass is 35.5. The average Bonchev–Trinajstić information content (AvgIpc) is 2.70. The van der Waals surface area contributed by atoms with Crippen molar-refractivity contribution < 1.29 is 4.74 Å². The molecule has 1 N–H and O–H groups in total. The van der Waals surface area contributed by atoms with Crippen LogP contribution in [0.2, 0.25) is 5.02 Å². The third-order valence-electron chi connectivity index (χ3n) is 2.64. The minimum absolute atomic E-state index is 0.406. The van der Waals surface area contributed by atoms with Crippen LogP contribution in [0, 0.1) is 0 Å². The van der Waals surface area contributed by atoms with E-state index in [0.717, 1.165) is 18.7 Å². The van der Waals surface area contributed by atoms with Crippen LogP contribution in [0.25, 0.3) is 0 Å². The van der Waals surface area contributed by atoms with Crippen molar-refractivity contribution in [2.45, 2.75) is 18.9 Å². The summed E-state index contributed by atoms with van der Waals surface area (Å²) in [5.74, 6) is 0.813. The Bertz CT molecular complexity index is 321. The average molecular weight is 212 g/mol. The highest BCUT2D eigenvalue weighted by Crippen LogP contribution is 2.35. The molecule has 3 heteroatoms. The molecule has 0 bridgehead atoms. The van der Waals surface area contributed by atoms with E-state index in [4.69, 9.17) is 16.3 Å². The molecule has 1 fully saturated rings. The lowest BCUT2D eigenvalue weighted by atomic mass is 10.0. The summed E-state index contributed by atoms with van der Waals surface area (Å²) in [4.78, 5) is 0. The molecule has 1 aromatic carbocycles. The number of benzene rings is 1. The van der Waals surface area contributed by atoms with Gasteiger partial charge in [0.05, 0.1) is 12.1 Å². The maximum atomic E-state index is 6.06. The van der Waals surface area contributed by atoms with E-state index >= 15 is 0 Å². The van der Waals surface area contributed by atoms with Gasteiger partial charge in [-0.2, -0.15) is 0 Å². The van der Waals surface area contributed by atoms with Gasteiger partial charge in [0.1, 0.15) is 5.75 Å². The Morgan fingerprint density at radius 3 is 3.00 bits per heavy atom. The van der Waals surface area contributed by atoms with Crippen molar-refractivity contribution in [3.05, 3.63) is 28.8 Å². The van der Waals surface area contributed by atoms with Crippen LogP contribution >= 0.6 is 11.6 Å². The molecule has 76 valence electrons. The minimum atomic E-state index is 0.406. The molecule has 0 aromatic heterocycles. The van der Waals surface area contributed by atoms with Crippen molar-refractivity contribution in [2.75, 3.05) is 13.7 Å². The normalized spacial score (nSPS) is 21.1. The molecule has 0 saturated carbocycles. The lowest BCUT2D eigenvalue weighted by Gasteiger charge is -2.15. The summed E-state index contributed by atoms with van der Waals surface area (Å²) >= 11 is 6.06. The molecule has 0 radical (unpaired) electrons. The summed E-state index contributed by atoms with van der Waals surface area (Å²) in [6, 6.07) is 6.32. The van der Waals surface area contributed by atoms with Gasteiger partial charge in [0.2, 0.25) is 0 Å². The van der Waals surface area contributed by atoms with Crippen LogP contribution in [0.5, 0.6) is 5.75 Å². The number of hydrogen-bond acceptors (Lipinski definition) is 2. The third kappa shape index (κ3) is 1.72. The molecule has 0 aliphatic carbocycles. The Balaban J connectivity index is 2.35. The highest BCUT2D eigenvalue weighted by Gasteiger charge is 2.20. The molecule has 1 unspecified atom stereocenters. The largest absolute Gasteiger partial charge is 0.495 e. The van der Waals surface area contributed by atoms with E-state index in [2.05, 4.69) is 11.4 Å². The SMILES string of the molecule is COc1c(Cl)cccc1C1CCCN1. The van der Waals surface area contributed by atoms with E-state index in [0.29, 0.717) is 11.1 Å². The number of hydrogen-bond donors (Lipinski definition) is 1. The van der Waals surface area contributed by atoms with Gasteiger partial charge in [-0.1, -0.05) is 23.7 Å². The van der Waals surface area contributed by atoms with Crippen LogP contribution in [0.4, 0.5) is 0 Å². The predicted octanol–water partition coefficient (Wildman–Crippen LogP) is 2.77. The summed E-state index contributed by atoms with van der Waals surface area (Å²) in [6.45, 7) is 1.08. The quantitative estimate of drug-likeness (QED) is 0.813. The molecule has 2 rings (SSSR count). The van der Waals surface area contributed by atoms with Crippen molar-refractivity contribution >= 4 is 11.6 Å². The van der Waals surface area contributed by atoms with Crippen LogP contribution in [-0.2, 0) is 0 Å². The standard InChI is InChI=1S/C11H14ClNO/c1-14-11-8(4-2-5-9(11)12)10-6-3-7-13-10/h2,4-5,10,13H,3,6-7H2,1H3. The number of nitrogens with one attached hydrogen (secondary N) is 1. The summed E-state index contributed by atoms with van der Waals surface area (Å²) < 4.78 is 5.32. The molecular formula is C11H14ClNO. The van der Waals surface area contributed by atoms with Crippen molar-refractivity contribution in [3.8, 4) is 5.75 Å². The maximum Gasteiger partial charge on any atom is 0.142 e. The van der Waals surface area contributed by atoms with E-state index in [-0.39, 0.29) is 0 Å². The Kier molecular flexibility index (Phi) is 2.94. The van der Waals surface area contributed by atoms with Gasteiger partial charge >= 0.3 is 0 Å². The fraction of sp³-hybridized carbons (Fsp3) is 0.455. The first-order valence-corrected chi connectivity index (χ1v) is 5.26. The molecule has 1 aliphatic heterocycles. The van der Waals surface area contributed by atoms with Gasteiger partial charge in [-0.15, -0.1) is 0 Å². The summed E-state index contributed by atoms with van der Waals surface area (Å²) in [7, 11) is 1.67. The van der Waals surface area contributed by atoms with Crippen molar-refractivity contribution in [1.29, 1.82) is 0 Å². The van der Waals surface area contributed by atoms with Crippen molar-refractivity contribution in [1.82, 2.24) is 5.32 Å². The lowest BCUT2D eigenvalue weighted by molar-refractivity contribution is 0.403. The van der Waals surface area contributed by atoms with E-state index in [9.17, 15) is 0 Å². The topological polar surface area (TPSA) is 21.3 Å². The smallest absolute Gasteiger partial charge is 0.142 e. The number of halogens is 1. The van der Waals surface area contributed by atoms with Gasteiger partial charge in [-0.3, -0.25) is 0 Å². The molecule has 2 nitrogen and oxygen atoms in total. The van der Waals surface area contributed by atoms with E-state index in [1.807, 2.05) is 12.1 Å². The van der Waals surface area contributed by atoms with E-state index in [1.165, 1.54) is 12.0 Å². The van der Waals surface area contributed by atoms with Crippen LogP contribution < -0.4 is 10.1 Å². The first-order valence-electron chi connectivity index (χ1n) is 4.88. The number of rotatable bonds is 2. The number of methoxy groups -OCH3 is 1. The van der Waals surface area contributed by atoms with E-state index < -0.39 is 0 Å². The Morgan fingerprint density at radius 2 is 2.36 bits per heavy atom. The minimum Gasteiger partial charge on any atom is -0.495 e. The zero-order chi connectivity index (χ0) is 9.97. The number of para-hydroxylation sites is 1. The summed E-state index contributed by atoms with van der Waals surface area (Å²) in [6.07, 6.45) is 2.39. The fourth-order valence-electron chi connectivity index (χ4n) is 1.97. The van der Waals surface area contributed by atoms with Crippen LogP contribution in [0.1, 0.15) is 24.4 Å². The molecule has 1 saturated heterocycles. The first kappa shape index (κ1) is 9.81. The Labute approximate surface area is 89.2 Å². The maximum absolute atomic E-state index is 6.06. The second-order valence-electron chi connectivity index (χ2n) is 3.51. The molecule has 1 aliphatic rings. The van der Waals surface area contributed by atoms with E-state index in [1.54, 1.807) is 7.11 Å². The molecule has 1 atom stereocenters. The molecule has 14 heavy (non-hydrogen) atoms. The van der Waals surface area contributed by atoms with Gasteiger partial charge < -0.3 is 10.1 Å². The lowest BCUT2D eigenvalue weighted by Crippen LogP contribution is -2.13. The van der Waals surface area contributed by atoms with Gasteiger partial charge in [0, 0.05) is 11.6 Å². The van der Waals surface area contributed by atoms with Crippen molar-refractivity contribution in [3.63, 3.8) is 0 Å². The summed E-state index contributed by atoms with van der Waals surface area (Å²) in [5, 5.41) is 4.13. The second kappa shape index (κ2) is 4.20. The molecule has 1 heterocycles. The Morgan fingerprint density at radius 1 is 1.50 bits per heavy atom. The molecule has 0 spiro atoms. The summed E-state index contributed by atoms with van der Waals surface area (Å²) in [5.41, 5.74) is 1.18.